The molecule has 0 aliphatic carbocycles. The number of halogens is 1. The Labute approximate surface area is 104 Å². The van der Waals surface area contributed by atoms with Gasteiger partial charge in [0.25, 0.3) is 0 Å². The molecule has 0 amide bonds. The van der Waals surface area contributed by atoms with E-state index in [1.807, 2.05) is 24.3 Å². The van der Waals surface area contributed by atoms with E-state index in [-0.39, 0.29) is 0 Å². The van der Waals surface area contributed by atoms with Gasteiger partial charge in [-0.2, -0.15) is 0 Å². The predicted octanol–water partition coefficient (Wildman–Crippen LogP) is -0.0551. The molecular weight excluding hydrogens is 237 g/mol. The number of nitrogens with zero attached hydrogens (tertiary/aromatic N) is 1. The molecule has 2 unspecified atom stereocenters. The number of alkyl halides is 1. The van der Waals surface area contributed by atoms with Gasteiger partial charge in [0.2, 0.25) is 0 Å². The fraction of sp³-hybridized carbons (Fsp3) is 0.364. The van der Waals surface area contributed by atoms with Crippen LogP contribution in [0.15, 0.2) is 29.4 Å². The van der Waals surface area contributed by atoms with E-state index in [1.54, 1.807) is 0 Å². The summed E-state index contributed by atoms with van der Waals surface area (Å²) in [5.74, 6) is 0.685. The van der Waals surface area contributed by atoms with Gasteiger partial charge in [-0.3, -0.25) is 5.43 Å². The van der Waals surface area contributed by atoms with E-state index >= 15 is 0 Å². The standard InChI is InChI=1S/C11H16FN5O/c1-18-10(9(13)6-12)7-2-4-8(5-3-7)11-14-16-17-15-11/h2-5,9-10,16-17H,6,13H2,1H3,(H,14,15). The first kappa shape index (κ1) is 12.7. The number of rotatable bonds is 5. The van der Waals surface area contributed by atoms with Crippen LogP contribution in [0.4, 0.5) is 4.39 Å². The van der Waals surface area contributed by atoms with Gasteiger partial charge in [0, 0.05) is 12.7 Å². The lowest BCUT2D eigenvalue weighted by molar-refractivity contribution is 0.0721. The van der Waals surface area contributed by atoms with Crippen LogP contribution in [0.1, 0.15) is 17.2 Å². The smallest absolute Gasteiger partial charge is 0.170 e. The first-order valence-electron chi connectivity index (χ1n) is 5.54. The normalized spacial score (nSPS) is 17.6. The SMILES string of the molecule is COC(c1ccc(C2=NNNN2)cc1)C(N)CF. The van der Waals surface area contributed by atoms with E-state index in [0.717, 1.165) is 11.1 Å². The molecule has 0 fully saturated rings. The molecule has 1 aliphatic rings. The Balaban J connectivity index is 2.15. The van der Waals surface area contributed by atoms with Crippen molar-refractivity contribution in [3.05, 3.63) is 35.4 Å². The summed E-state index contributed by atoms with van der Waals surface area (Å²) in [5, 5.41) is 3.98. The first-order valence-corrected chi connectivity index (χ1v) is 5.54. The Hall–Kier alpha value is -1.70. The maximum atomic E-state index is 12.6. The van der Waals surface area contributed by atoms with Crippen LogP contribution >= 0.6 is 0 Å². The molecule has 1 aromatic rings. The molecule has 6 nitrogen and oxygen atoms in total. The molecule has 5 N–H and O–H groups in total. The second kappa shape index (κ2) is 5.76. The third kappa shape index (κ3) is 2.58. The van der Waals surface area contributed by atoms with Crippen molar-refractivity contribution in [1.82, 2.24) is 16.5 Å². The van der Waals surface area contributed by atoms with E-state index in [2.05, 4.69) is 21.6 Å². The summed E-state index contributed by atoms with van der Waals surface area (Å²) in [6.07, 6.45) is -0.446. The lowest BCUT2D eigenvalue weighted by Gasteiger charge is -2.20. The highest BCUT2D eigenvalue weighted by molar-refractivity contribution is 5.98. The van der Waals surface area contributed by atoms with Gasteiger partial charge < -0.3 is 10.5 Å². The van der Waals surface area contributed by atoms with E-state index in [1.165, 1.54) is 7.11 Å². The van der Waals surface area contributed by atoms with Crippen molar-refractivity contribution < 1.29 is 9.13 Å². The lowest BCUT2D eigenvalue weighted by atomic mass is 10.0. The van der Waals surface area contributed by atoms with Crippen molar-refractivity contribution in [2.45, 2.75) is 12.1 Å². The van der Waals surface area contributed by atoms with Gasteiger partial charge in [0.1, 0.15) is 6.67 Å². The number of benzene rings is 1. The van der Waals surface area contributed by atoms with Crippen molar-refractivity contribution in [2.24, 2.45) is 10.8 Å². The highest BCUT2D eigenvalue weighted by Gasteiger charge is 2.19. The zero-order valence-electron chi connectivity index (χ0n) is 9.98. The van der Waals surface area contributed by atoms with Crippen molar-refractivity contribution >= 4 is 5.84 Å². The molecule has 0 bridgehead atoms. The number of hydrogen-bond acceptors (Lipinski definition) is 6. The molecule has 0 radical (unpaired) electrons. The monoisotopic (exact) mass is 253 g/mol. The summed E-state index contributed by atoms with van der Waals surface area (Å²) in [6.45, 7) is -0.623. The molecule has 0 saturated carbocycles. The Morgan fingerprint density at radius 1 is 1.39 bits per heavy atom. The van der Waals surface area contributed by atoms with E-state index < -0.39 is 18.8 Å². The Bertz CT molecular complexity index is 422. The Kier molecular flexibility index (Phi) is 4.08. The highest BCUT2D eigenvalue weighted by atomic mass is 19.1. The molecule has 18 heavy (non-hydrogen) atoms. The maximum absolute atomic E-state index is 12.6. The molecule has 7 heteroatoms. The van der Waals surface area contributed by atoms with Crippen molar-refractivity contribution in [3.8, 4) is 0 Å². The summed E-state index contributed by atoms with van der Waals surface area (Å²) in [6, 6.07) is 6.77. The number of methoxy groups -OCH3 is 1. The van der Waals surface area contributed by atoms with Crippen LogP contribution in [-0.4, -0.2) is 25.7 Å². The van der Waals surface area contributed by atoms with Gasteiger partial charge in [0.15, 0.2) is 5.84 Å². The first-order chi connectivity index (χ1) is 8.76. The highest BCUT2D eigenvalue weighted by Crippen LogP contribution is 2.20. The number of nitrogens with one attached hydrogen (secondary N) is 3. The van der Waals surface area contributed by atoms with Gasteiger partial charge in [-0.15, -0.1) is 10.6 Å². The Morgan fingerprint density at radius 3 is 2.61 bits per heavy atom. The number of hydrogen-bond donors (Lipinski definition) is 4. The molecule has 2 atom stereocenters. The minimum Gasteiger partial charge on any atom is -0.375 e. The number of ether oxygens (including phenoxy) is 1. The molecule has 98 valence electrons. The summed E-state index contributed by atoms with van der Waals surface area (Å²) >= 11 is 0. The van der Waals surface area contributed by atoms with Gasteiger partial charge in [0.05, 0.1) is 12.1 Å². The molecule has 1 aliphatic heterocycles. The van der Waals surface area contributed by atoms with Crippen LogP contribution in [0.3, 0.4) is 0 Å². The summed E-state index contributed by atoms with van der Waals surface area (Å²) in [5.41, 5.74) is 15.5. The molecule has 0 aromatic heterocycles. The number of hydrazone groups is 1. The second-order valence-electron chi connectivity index (χ2n) is 3.92. The molecule has 0 saturated heterocycles. The fourth-order valence-corrected chi connectivity index (χ4v) is 1.81. The Morgan fingerprint density at radius 2 is 2.11 bits per heavy atom. The number of nitrogens with two attached hydrogens (primary N) is 1. The lowest BCUT2D eigenvalue weighted by Crippen LogP contribution is -2.35. The van der Waals surface area contributed by atoms with Crippen LogP contribution in [0.25, 0.3) is 0 Å². The molecule has 1 heterocycles. The molecular formula is C11H16FN5O. The van der Waals surface area contributed by atoms with Crippen LogP contribution in [0.5, 0.6) is 0 Å². The maximum Gasteiger partial charge on any atom is 0.170 e. The zero-order valence-corrected chi connectivity index (χ0v) is 9.98. The molecule has 2 rings (SSSR count). The predicted molar refractivity (Wildman–Crippen MR) is 66.1 cm³/mol. The third-order valence-corrected chi connectivity index (χ3v) is 2.74. The quantitative estimate of drug-likeness (QED) is 0.591. The van der Waals surface area contributed by atoms with Gasteiger partial charge >= 0.3 is 0 Å². The van der Waals surface area contributed by atoms with E-state index in [9.17, 15) is 4.39 Å². The second-order valence-corrected chi connectivity index (χ2v) is 3.92. The van der Waals surface area contributed by atoms with Crippen molar-refractivity contribution in [3.63, 3.8) is 0 Å². The van der Waals surface area contributed by atoms with Gasteiger partial charge in [-0.1, -0.05) is 24.3 Å². The minimum atomic E-state index is -0.661. The fourth-order valence-electron chi connectivity index (χ4n) is 1.81. The third-order valence-electron chi connectivity index (χ3n) is 2.74. The van der Waals surface area contributed by atoms with Crippen LogP contribution in [0, 0.1) is 0 Å². The molecule has 1 aromatic carbocycles. The minimum absolute atomic E-state index is 0.446. The van der Waals surface area contributed by atoms with Gasteiger partial charge in [-0.05, 0) is 5.56 Å². The molecule has 0 spiro atoms. The van der Waals surface area contributed by atoms with E-state index in [0.29, 0.717) is 5.84 Å². The van der Waals surface area contributed by atoms with Crippen LogP contribution in [0.2, 0.25) is 0 Å². The largest absolute Gasteiger partial charge is 0.375 e. The van der Waals surface area contributed by atoms with Gasteiger partial charge in [-0.25, -0.2) is 9.93 Å². The summed E-state index contributed by atoms with van der Waals surface area (Å²) in [4.78, 5) is 0. The topological polar surface area (TPSA) is 83.7 Å². The van der Waals surface area contributed by atoms with Crippen LogP contribution < -0.4 is 22.2 Å². The van der Waals surface area contributed by atoms with Crippen LogP contribution in [-0.2, 0) is 4.74 Å². The summed E-state index contributed by atoms with van der Waals surface area (Å²) in [7, 11) is 1.52. The average molecular weight is 253 g/mol. The van der Waals surface area contributed by atoms with E-state index in [4.69, 9.17) is 10.5 Å². The number of hydrazine groups is 2. The zero-order chi connectivity index (χ0) is 13.0. The van der Waals surface area contributed by atoms with Crippen molar-refractivity contribution in [1.29, 1.82) is 0 Å². The summed E-state index contributed by atoms with van der Waals surface area (Å²) < 4.78 is 17.8. The average Bonchev–Trinajstić information content (AvgIpc) is 2.94. The number of amidine groups is 1. The van der Waals surface area contributed by atoms with Crippen molar-refractivity contribution in [2.75, 3.05) is 13.8 Å².